The second kappa shape index (κ2) is 8.17. The van der Waals surface area contributed by atoms with E-state index in [1.54, 1.807) is 19.5 Å². The molecule has 0 atom stereocenters. The second-order valence-corrected chi connectivity index (χ2v) is 5.14. The third-order valence-electron chi connectivity index (χ3n) is 3.49. The molecule has 0 bridgehead atoms. The summed E-state index contributed by atoms with van der Waals surface area (Å²) in [5, 5.41) is 0. The summed E-state index contributed by atoms with van der Waals surface area (Å²) < 4.78 is 5.18. The number of hydrogen-bond acceptors (Lipinski definition) is 3. The number of unbranched alkanes of at least 4 members (excludes halogenated alkanes) is 1. The van der Waals surface area contributed by atoms with Gasteiger partial charge in [0, 0.05) is 24.5 Å². The van der Waals surface area contributed by atoms with Gasteiger partial charge in [-0.15, -0.1) is 0 Å². The lowest BCUT2D eigenvalue weighted by atomic mass is 10.2. The van der Waals surface area contributed by atoms with E-state index in [0.29, 0.717) is 13.0 Å². The van der Waals surface area contributed by atoms with E-state index >= 15 is 0 Å². The Hall–Kier alpha value is -2.36. The first kappa shape index (κ1) is 16.0. The fourth-order valence-corrected chi connectivity index (χ4v) is 2.22. The Balaban J connectivity index is 2.21. The van der Waals surface area contributed by atoms with E-state index in [2.05, 4.69) is 11.9 Å². The summed E-state index contributed by atoms with van der Waals surface area (Å²) in [6, 6.07) is 11.4. The van der Waals surface area contributed by atoms with Crippen LogP contribution in [0.2, 0.25) is 0 Å². The molecular weight excluding hydrogens is 276 g/mol. The zero-order chi connectivity index (χ0) is 15.8. The number of hydrogen-bond donors (Lipinski definition) is 0. The molecule has 4 heteroatoms. The van der Waals surface area contributed by atoms with E-state index in [-0.39, 0.29) is 5.91 Å². The van der Waals surface area contributed by atoms with Crippen LogP contribution in [0.25, 0.3) is 0 Å². The summed E-state index contributed by atoms with van der Waals surface area (Å²) in [7, 11) is 1.63. The molecule has 116 valence electrons. The first-order chi connectivity index (χ1) is 10.7. The average Bonchev–Trinajstić information content (AvgIpc) is 2.58. The highest BCUT2D eigenvalue weighted by Crippen LogP contribution is 2.22. The Kier molecular flexibility index (Phi) is 5.95. The number of rotatable bonds is 7. The highest BCUT2D eigenvalue weighted by atomic mass is 16.5. The van der Waals surface area contributed by atoms with Crippen molar-refractivity contribution in [1.82, 2.24) is 4.98 Å². The van der Waals surface area contributed by atoms with Gasteiger partial charge in [-0.25, -0.2) is 0 Å². The topological polar surface area (TPSA) is 42.4 Å². The van der Waals surface area contributed by atoms with Crippen molar-refractivity contribution in [2.75, 3.05) is 12.0 Å². The molecule has 4 nitrogen and oxygen atoms in total. The molecule has 0 aliphatic rings. The van der Waals surface area contributed by atoms with E-state index in [1.807, 2.05) is 41.3 Å². The third-order valence-corrected chi connectivity index (χ3v) is 3.49. The quantitative estimate of drug-likeness (QED) is 0.780. The SMILES string of the molecule is CCCCC(=O)N(Cc1cccnc1)c1ccc(OC)cc1. The highest BCUT2D eigenvalue weighted by Gasteiger charge is 2.16. The molecule has 1 aromatic heterocycles. The van der Waals surface area contributed by atoms with Crippen LogP contribution in [0.3, 0.4) is 0 Å². The molecule has 0 spiro atoms. The summed E-state index contributed by atoms with van der Waals surface area (Å²) >= 11 is 0. The van der Waals surface area contributed by atoms with Crippen LogP contribution in [0.5, 0.6) is 5.75 Å². The van der Waals surface area contributed by atoms with Crippen LogP contribution in [0.4, 0.5) is 5.69 Å². The normalized spacial score (nSPS) is 10.3. The van der Waals surface area contributed by atoms with Crippen LogP contribution in [0.15, 0.2) is 48.8 Å². The predicted octanol–water partition coefficient (Wildman–Crippen LogP) is 3.81. The summed E-state index contributed by atoms with van der Waals surface area (Å²) in [5.74, 6) is 0.918. The maximum absolute atomic E-state index is 12.5. The van der Waals surface area contributed by atoms with E-state index in [4.69, 9.17) is 4.74 Å². The largest absolute Gasteiger partial charge is 0.497 e. The molecule has 0 saturated carbocycles. The van der Waals surface area contributed by atoms with E-state index in [1.165, 1.54) is 0 Å². The minimum Gasteiger partial charge on any atom is -0.497 e. The fourth-order valence-electron chi connectivity index (χ4n) is 2.22. The lowest BCUT2D eigenvalue weighted by Crippen LogP contribution is -2.30. The molecule has 2 rings (SSSR count). The zero-order valence-electron chi connectivity index (χ0n) is 13.2. The molecule has 1 amide bonds. The molecule has 0 fully saturated rings. The van der Waals surface area contributed by atoms with Crippen LogP contribution in [0.1, 0.15) is 31.7 Å². The van der Waals surface area contributed by atoms with Gasteiger partial charge in [0.1, 0.15) is 5.75 Å². The number of amides is 1. The summed E-state index contributed by atoms with van der Waals surface area (Å²) in [6.07, 6.45) is 6.00. The van der Waals surface area contributed by atoms with E-state index in [0.717, 1.165) is 29.8 Å². The predicted molar refractivity (Wildman–Crippen MR) is 87.9 cm³/mol. The summed E-state index contributed by atoms with van der Waals surface area (Å²) in [5.41, 5.74) is 1.90. The molecule has 2 aromatic rings. The van der Waals surface area contributed by atoms with Crippen LogP contribution >= 0.6 is 0 Å². The van der Waals surface area contributed by atoms with Gasteiger partial charge in [-0.1, -0.05) is 19.4 Å². The first-order valence-electron chi connectivity index (χ1n) is 7.58. The van der Waals surface area contributed by atoms with E-state index in [9.17, 15) is 4.79 Å². The Morgan fingerprint density at radius 2 is 2.00 bits per heavy atom. The van der Waals surface area contributed by atoms with E-state index < -0.39 is 0 Å². The minimum absolute atomic E-state index is 0.135. The molecular formula is C18H22N2O2. The number of aromatic nitrogens is 1. The number of carbonyl (C=O) groups excluding carboxylic acids is 1. The van der Waals surface area contributed by atoms with Crippen molar-refractivity contribution in [2.45, 2.75) is 32.7 Å². The number of nitrogens with zero attached hydrogens (tertiary/aromatic N) is 2. The molecule has 0 aliphatic carbocycles. The fraction of sp³-hybridized carbons (Fsp3) is 0.333. The lowest BCUT2D eigenvalue weighted by molar-refractivity contribution is -0.118. The van der Waals surface area contributed by atoms with Crippen LogP contribution < -0.4 is 9.64 Å². The molecule has 1 aromatic carbocycles. The van der Waals surface area contributed by atoms with Crippen molar-refractivity contribution in [3.63, 3.8) is 0 Å². The van der Waals surface area contributed by atoms with Crippen molar-refractivity contribution >= 4 is 11.6 Å². The maximum Gasteiger partial charge on any atom is 0.227 e. The van der Waals surface area contributed by atoms with Gasteiger partial charge in [-0.3, -0.25) is 9.78 Å². The molecule has 0 aliphatic heterocycles. The summed E-state index contributed by atoms with van der Waals surface area (Å²) in [6.45, 7) is 2.62. The van der Waals surface area contributed by atoms with Crippen molar-refractivity contribution in [2.24, 2.45) is 0 Å². The number of ether oxygens (including phenoxy) is 1. The van der Waals surface area contributed by atoms with Gasteiger partial charge in [0.2, 0.25) is 5.91 Å². The van der Waals surface area contributed by atoms with Gasteiger partial charge in [0.05, 0.1) is 13.7 Å². The molecule has 0 N–H and O–H groups in total. The second-order valence-electron chi connectivity index (χ2n) is 5.14. The Morgan fingerprint density at radius 3 is 2.59 bits per heavy atom. The van der Waals surface area contributed by atoms with Gasteiger partial charge >= 0.3 is 0 Å². The number of methoxy groups -OCH3 is 1. The zero-order valence-corrected chi connectivity index (χ0v) is 13.2. The first-order valence-corrected chi connectivity index (χ1v) is 7.58. The number of anilines is 1. The van der Waals surface area contributed by atoms with Crippen molar-refractivity contribution in [3.8, 4) is 5.75 Å². The monoisotopic (exact) mass is 298 g/mol. The van der Waals surface area contributed by atoms with Crippen molar-refractivity contribution in [1.29, 1.82) is 0 Å². The van der Waals surface area contributed by atoms with Gasteiger partial charge < -0.3 is 9.64 Å². The Morgan fingerprint density at radius 1 is 1.23 bits per heavy atom. The smallest absolute Gasteiger partial charge is 0.227 e. The number of benzene rings is 1. The Labute approximate surface area is 131 Å². The molecule has 1 heterocycles. The number of carbonyl (C=O) groups is 1. The van der Waals surface area contributed by atoms with Crippen molar-refractivity contribution < 1.29 is 9.53 Å². The number of pyridine rings is 1. The van der Waals surface area contributed by atoms with Gasteiger partial charge in [-0.2, -0.15) is 0 Å². The molecule has 0 radical (unpaired) electrons. The van der Waals surface area contributed by atoms with Gasteiger partial charge in [-0.05, 0) is 42.3 Å². The van der Waals surface area contributed by atoms with Crippen LogP contribution in [-0.4, -0.2) is 18.0 Å². The molecule has 0 saturated heterocycles. The average molecular weight is 298 g/mol. The lowest BCUT2D eigenvalue weighted by Gasteiger charge is -2.23. The standard InChI is InChI=1S/C18H22N2O2/c1-3-4-7-18(21)20(14-15-6-5-12-19-13-15)16-8-10-17(22-2)11-9-16/h5-6,8-13H,3-4,7,14H2,1-2H3. The Bertz CT molecular complexity index is 582. The maximum atomic E-state index is 12.5. The summed E-state index contributed by atoms with van der Waals surface area (Å²) in [4.78, 5) is 18.5. The molecule has 22 heavy (non-hydrogen) atoms. The third kappa shape index (κ3) is 4.32. The van der Waals surface area contributed by atoms with Crippen molar-refractivity contribution in [3.05, 3.63) is 54.4 Å². The van der Waals surface area contributed by atoms with Crippen LogP contribution in [0, 0.1) is 0 Å². The highest BCUT2D eigenvalue weighted by molar-refractivity contribution is 5.93. The molecule has 0 unspecified atom stereocenters. The van der Waals surface area contributed by atoms with Crippen LogP contribution in [-0.2, 0) is 11.3 Å². The van der Waals surface area contributed by atoms with Gasteiger partial charge in [0.15, 0.2) is 0 Å². The minimum atomic E-state index is 0.135. The van der Waals surface area contributed by atoms with Gasteiger partial charge in [0.25, 0.3) is 0 Å².